The van der Waals surface area contributed by atoms with E-state index in [9.17, 15) is 15.3 Å². The molecule has 0 saturated carbocycles. The van der Waals surface area contributed by atoms with Crippen LogP contribution in [0.5, 0.6) is 17.2 Å². The number of rotatable bonds is 0. The average Bonchev–Trinajstić information content (AvgIpc) is 2.68. The summed E-state index contributed by atoms with van der Waals surface area (Å²) >= 11 is 0. The van der Waals surface area contributed by atoms with Crippen molar-refractivity contribution in [2.24, 2.45) is 0 Å². The molecule has 0 radical (unpaired) electrons. The zero-order valence-electron chi connectivity index (χ0n) is 22.2. The topological polar surface area (TPSA) is 69.2 Å². The molecule has 0 heterocycles. The zero-order chi connectivity index (χ0) is 25.4. The summed E-state index contributed by atoms with van der Waals surface area (Å²) in [6.45, 7) is 19.2. The molecule has 0 spiro atoms. The van der Waals surface area contributed by atoms with E-state index < -0.39 is 0 Å². The Morgan fingerprint density at radius 1 is 0.353 bits per heavy atom. The molecule has 0 amide bonds. The van der Waals surface area contributed by atoms with E-state index in [1.807, 2.05) is 36.4 Å². The maximum Gasteiger partial charge on any atom is 3.00 e. The summed E-state index contributed by atoms with van der Waals surface area (Å²) in [4.78, 5) is 0. The predicted octanol–water partition coefficient (Wildman–Crippen LogP) is 6.17. The van der Waals surface area contributed by atoms with E-state index in [1.165, 1.54) is 16.7 Å². The number of benzene rings is 3. The van der Waals surface area contributed by atoms with Gasteiger partial charge in [0.1, 0.15) is 0 Å². The van der Waals surface area contributed by atoms with E-state index in [4.69, 9.17) is 0 Å². The maximum absolute atomic E-state index is 10.7. The molecule has 0 N–H and O–H groups in total. The van der Waals surface area contributed by atoms with Crippen LogP contribution in [0.3, 0.4) is 0 Å². The molecule has 0 fully saturated rings. The Bertz CT molecular complexity index is 823. The van der Waals surface area contributed by atoms with Crippen LogP contribution >= 0.6 is 0 Å². The van der Waals surface area contributed by atoms with Gasteiger partial charge in [-0.05, 0) is 32.9 Å². The first-order valence-corrected chi connectivity index (χ1v) is 11.3. The number of hydrogen-bond acceptors (Lipinski definition) is 3. The first-order valence-electron chi connectivity index (χ1n) is 11.3. The van der Waals surface area contributed by atoms with E-state index >= 15 is 0 Å². The molecule has 0 aromatic heterocycles. The van der Waals surface area contributed by atoms with Crippen LogP contribution < -0.4 is 15.3 Å². The quantitative estimate of drug-likeness (QED) is 0.316. The molecule has 0 bridgehead atoms. The molecule has 0 aliphatic carbocycles. The Kier molecular flexibility index (Phi) is 12.7. The molecule has 34 heavy (non-hydrogen) atoms. The Hall–Kier alpha value is -1.75. The van der Waals surface area contributed by atoms with E-state index in [1.54, 1.807) is 36.4 Å². The Balaban J connectivity index is 0.000000473. The van der Waals surface area contributed by atoms with Gasteiger partial charge in [-0.15, -0.1) is 17.2 Å². The van der Waals surface area contributed by atoms with Crippen molar-refractivity contribution in [3.05, 3.63) is 89.5 Å². The van der Waals surface area contributed by atoms with Crippen molar-refractivity contribution in [3.8, 4) is 17.2 Å². The normalized spacial score (nSPS) is 11.2. The summed E-state index contributed by atoms with van der Waals surface area (Å²) in [6, 6.07) is 21.0. The fourth-order valence-corrected chi connectivity index (χ4v) is 2.86. The molecule has 0 aliphatic rings. The van der Waals surface area contributed by atoms with Crippen LogP contribution in [-0.2, 0) is 16.2 Å². The van der Waals surface area contributed by atoms with Crippen molar-refractivity contribution in [2.75, 3.05) is 0 Å². The summed E-state index contributed by atoms with van der Waals surface area (Å²) in [5.41, 5.74) is 4.06. The summed E-state index contributed by atoms with van der Waals surface area (Å²) in [5.74, 6) is 0.244. The van der Waals surface area contributed by atoms with Gasteiger partial charge in [0.2, 0.25) is 0 Å². The molecule has 4 heteroatoms. The molecule has 0 saturated heterocycles. The van der Waals surface area contributed by atoms with Crippen molar-refractivity contribution in [3.63, 3.8) is 0 Å². The molecule has 3 aromatic rings. The van der Waals surface area contributed by atoms with Crippen molar-refractivity contribution >= 4 is 0 Å². The third-order valence-corrected chi connectivity index (χ3v) is 5.16. The monoisotopic (exact) mass is 586 g/mol. The van der Waals surface area contributed by atoms with E-state index in [-0.39, 0.29) is 69.1 Å². The minimum Gasteiger partial charge on any atom is -0.872 e. The minimum atomic E-state index is 0. The van der Waals surface area contributed by atoms with Gasteiger partial charge < -0.3 is 15.3 Å². The van der Waals surface area contributed by atoms with Crippen LogP contribution in [0.1, 0.15) is 79.0 Å². The molecule has 180 valence electrons. The molecule has 3 rings (SSSR count). The van der Waals surface area contributed by atoms with Gasteiger partial charge in [0, 0.05) is 0 Å². The summed E-state index contributed by atoms with van der Waals surface area (Å²) in [7, 11) is 0. The summed E-state index contributed by atoms with van der Waals surface area (Å²) in [5, 5.41) is 32.2. The van der Waals surface area contributed by atoms with Gasteiger partial charge in [-0.25, -0.2) is 0 Å². The first-order chi connectivity index (χ1) is 15.0. The summed E-state index contributed by atoms with van der Waals surface area (Å²) in [6.07, 6.45) is 0. The van der Waals surface area contributed by atoms with Crippen LogP contribution in [0.2, 0.25) is 0 Å². The smallest absolute Gasteiger partial charge is 0.872 e. The standard InChI is InChI=1S/3C10H14O.La/c3*1-10(2,3)8-4-6-9(11)7-5-8;/h3*4-7,11H,1-3H3;/q;;;+3/p-3. The van der Waals surface area contributed by atoms with Gasteiger partial charge in [-0.1, -0.05) is 135 Å². The van der Waals surface area contributed by atoms with Gasteiger partial charge in [-0.2, -0.15) is 0 Å². The van der Waals surface area contributed by atoms with Gasteiger partial charge in [-0.3, -0.25) is 0 Å². The SMILES string of the molecule is CC(C)(C)c1ccc([O-])cc1.CC(C)(C)c1ccc([O-])cc1.CC(C)(C)c1ccc([O-])cc1.[La+3]. The predicted molar refractivity (Wildman–Crippen MR) is 134 cm³/mol. The fourth-order valence-electron chi connectivity index (χ4n) is 2.86. The minimum absolute atomic E-state index is 0. The Labute approximate surface area is 234 Å². The molecular formula is C30H39LaO3. The second-order valence-electron chi connectivity index (χ2n) is 11.3. The maximum atomic E-state index is 10.7. The van der Waals surface area contributed by atoms with E-state index in [0.717, 1.165) is 0 Å². The second-order valence-corrected chi connectivity index (χ2v) is 11.3. The second kappa shape index (κ2) is 13.4. The molecular weight excluding hydrogens is 547 g/mol. The van der Waals surface area contributed by atoms with Crippen LogP contribution in [0.15, 0.2) is 72.8 Å². The molecule has 3 nitrogen and oxygen atoms in total. The Morgan fingerprint density at radius 2 is 0.500 bits per heavy atom. The number of hydrogen-bond donors (Lipinski definition) is 0. The average molecular weight is 587 g/mol. The van der Waals surface area contributed by atoms with E-state index in [2.05, 4.69) is 62.3 Å². The third kappa shape index (κ3) is 12.1. The Morgan fingerprint density at radius 3 is 0.618 bits per heavy atom. The van der Waals surface area contributed by atoms with E-state index in [0.29, 0.717) is 0 Å². The van der Waals surface area contributed by atoms with Crippen LogP contribution in [0.25, 0.3) is 0 Å². The fraction of sp³-hybridized carbons (Fsp3) is 0.400. The van der Waals surface area contributed by atoms with Crippen molar-refractivity contribution in [1.82, 2.24) is 0 Å². The van der Waals surface area contributed by atoms with Crippen molar-refractivity contribution in [2.45, 2.75) is 78.6 Å². The van der Waals surface area contributed by atoms with Crippen LogP contribution in [0.4, 0.5) is 0 Å². The zero-order valence-corrected chi connectivity index (χ0v) is 25.9. The molecule has 0 aliphatic heterocycles. The van der Waals surface area contributed by atoms with Gasteiger partial charge >= 0.3 is 35.6 Å². The molecule has 0 unspecified atom stereocenters. The third-order valence-electron chi connectivity index (χ3n) is 5.16. The summed E-state index contributed by atoms with van der Waals surface area (Å²) < 4.78 is 0. The molecule has 3 aromatic carbocycles. The molecule has 0 atom stereocenters. The first kappa shape index (κ1) is 32.3. The van der Waals surface area contributed by atoms with Gasteiger partial charge in [0.15, 0.2) is 0 Å². The van der Waals surface area contributed by atoms with Crippen LogP contribution in [0, 0.1) is 35.6 Å². The van der Waals surface area contributed by atoms with Crippen molar-refractivity contribution < 1.29 is 50.9 Å². The van der Waals surface area contributed by atoms with Gasteiger partial charge in [0.25, 0.3) is 0 Å². The van der Waals surface area contributed by atoms with Crippen LogP contribution in [-0.4, -0.2) is 0 Å². The van der Waals surface area contributed by atoms with Gasteiger partial charge in [0.05, 0.1) is 0 Å². The largest absolute Gasteiger partial charge is 3.00 e. The van der Waals surface area contributed by atoms with Crippen molar-refractivity contribution in [1.29, 1.82) is 0 Å².